The Morgan fingerprint density at radius 1 is 0.871 bits per heavy atom. The van der Waals surface area contributed by atoms with Crippen LogP contribution in [-0.2, 0) is 9.59 Å². The summed E-state index contributed by atoms with van der Waals surface area (Å²) in [5, 5.41) is 12.3. The van der Waals surface area contributed by atoms with E-state index < -0.39 is 17.8 Å². The highest BCUT2D eigenvalue weighted by atomic mass is 16.4. The first-order valence-electron chi connectivity index (χ1n) is 10.0. The zero-order valence-electron chi connectivity index (χ0n) is 17.2. The molecule has 4 rings (SSSR count). The molecule has 0 radical (unpaired) electrons. The van der Waals surface area contributed by atoms with Gasteiger partial charge in [-0.15, -0.1) is 0 Å². The number of carboxylic acids is 1. The minimum atomic E-state index is -0.979. The molecule has 2 unspecified atom stereocenters. The lowest BCUT2D eigenvalue weighted by Gasteiger charge is -2.29. The maximum atomic E-state index is 12.8. The summed E-state index contributed by atoms with van der Waals surface area (Å²) in [5.41, 5.74) is 3.65. The fourth-order valence-corrected chi connectivity index (χ4v) is 4.18. The van der Waals surface area contributed by atoms with E-state index in [1.165, 1.54) is 0 Å². The number of imide groups is 1. The van der Waals surface area contributed by atoms with Crippen molar-refractivity contribution < 1.29 is 24.3 Å². The van der Waals surface area contributed by atoms with E-state index in [1.807, 2.05) is 13.8 Å². The van der Waals surface area contributed by atoms with Gasteiger partial charge in [-0.25, -0.2) is 4.90 Å². The van der Waals surface area contributed by atoms with Gasteiger partial charge in [0, 0.05) is 5.69 Å². The fraction of sp³-hybridized carbons (Fsp3) is 0.250. The van der Waals surface area contributed by atoms with Gasteiger partial charge in [0.05, 0.1) is 28.7 Å². The number of allylic oxidation sites excluding steroid dienone is 2. The summed E-state index contributed by atoms with van der Waals surface area (Å²) in [6.07, 6.45) is 0.764. The van der Waals surface area contributed by atoms with Gasteiger partial charge >= 0.3 is 5.97 Å². The second-order valence-corrected chi connectivity index (χ2v) is 8.05. The Balaban J connectivity index is 1.51. The number of nitrogens with one attached hydrogen (secondary N) is 1. The van der Waals surface area contributed by atoms with Crippen LogP contribution in [0.5, 0.6) is 0 Å². The summed E-state index contributed by atoms with van der Waals surface area (Å²) in [5.74, 6) is -3.53. The fourth-order valence-electron chi connectivity index (χ4n) is 4.18. The Kier molecular flexibility index (Phi) is 5.19. The molecule has 0 saturated heterocycles. The number of nitrogens with zero attached hydrogens (tertiary/aromatic N) is 1. The second kappa shape index (κ2) is 7.83. The van der Waals surface area contributed by atoms with Crippen LogP contribution in [0.1, 0.15) is 47.4 Å². The largest absolute Gasteiger partial charge is 0.481 e. The Morgan fingerprint density at radius 2 is 1.39 bits per heavy atom. The molecule has 2 aromatic carbocycles. The number of benzene rings is 2. The van der Waals surface area contributed by atoms with E-state index in [4.69, 9.17) is 0 Å². The average molecular weight is 418 g/mol. The number of carbonyl (C=O) groups excluding carboxylic acids is 3. The maximum Gasteiger partial charge on any atom is 0.307 e. The smallest absolute Gasteiger partial charge is 0.307 e. The van der Waals surface area contributed by atoms with Gasteiger partial charge in [0.1, 0.15) is 0 Å². The molecule has 1 aliphatic carbocycles. The minimum Gasteiger partial charge on any atom is -0.481 e. The van der Waals surface area contributed by atoms with Crippen LogP contribution in [0.4, 0.5) is 11.4 Å². The van der Waals surface area contributed by atoms with Crippen LogP contribution >= 0.6 is 0 Å². The van der Waals surface area contributed by atoms with E-state index in [9.17, 15) is 24.3 Å². The van der Waals surface area contributed by atoms with Gasteiger partial charge in [0.15, 0.2) is 0 Å². The SMILES string of the molecule is CC1=C(C)CC(C(=O)Nc2ccc(N3C(=O)c4ccccc4C3=O)cc2)C(C(=O)O)C1. The van der Waals surface area contributed by atoms with Crippen molar-refractivity contribution in [2.75, 3.05) is 10.2 Å². The van der Waals surface area contributed by atoms with Crippen molar-refractivity contribution in [1.82, 2.24) is 0 Å². The van der Waals surface area contributed by atoms with Crippen LogP contribution in [0.15, 0.2) is 59.7 Å². The third-order valence-electron chi connectivity index (χ3n) is 6.11. The molecule has 31 heavy (non-hydrogen) atoms. The molecule has 0 saturated carbocycles. The lowest BCUT2D eigenvalue weighted by molar-refractivity contribution is -0.146. The summed E-state index contributed by atoms with van der Waals surface area (Å²) >= 11 is 0. The number of carboxylic acid groups (broad SMARTS) is 1. The number of hydrogen-bond acceptors (Lipinski definition) is 4. The maximum absolute atomic E-state index is 12.8. The van der Waals surface area contributed by atoms with Crippen molar-refractivity contribution in [2.24, 2.45) is 11.8 Å². The zero-order valence-corrected chi connectivity index (χ0v) is 17.2. The molecule has 7 heteroatoms. The van der Waals surface area contributed by atoms with Crippen molar-refractivity contribution in [2.45, 2.75) is 26.7 Å². The topological polar surface area (TPSA) is 104 Å². The van der Waals surface area contributed by atoms with E-state index in [0.717, 1.165) is 16.0 Å². The molecule has 1 aliphatic heterocycles. The number of aliphatic carboxylic acids is 1. The van der Waals surface area contributed by atoms with E-state index in [-0.39, 0.29) is 17.7 Å². The highest BCUT2D eigenvalue weighted by Gasteiger charge is 2.38. The molecule has 2 N–H and O–H groups in total. The molecule has 0 fully saturated rings. The number of carbonyl (C=O) groups is 4. The molecule has 3 amide bonds. The average Bonchev–Trinajstić information content (AvgIpc) is 3.01. The van der Waals surface area contributed by atoms with Crippen LogP contribution in [0, 0.1) is 11.8 Å². The molecule has 158 valence electrons. The van der Waals surface area contributed by atoms with Crippen molar-refractivity contribution in [3.63, 3.8) is 0 Å². The standard InChI is InChI=1S/C24H22N2O5/c1-13-11-19(20(24(30)31)12-14(13)2)21(27)25-15-7-9-16(10-8-15)26-22(28)17-5-3-4-6-18(17)23(26)29/h3-10,19-20H,11-12H2,1-2H3,(H,25,27)(H,30,31). The third-order valence-corrected chi connectivity index (χ3v) is 6.11. The molecular weight excluding hydrogens is 396 g/mol. The van der Waals surface area contributed by atoms with Crippen LogP contribution in [-0.4, -0.2) is 28.8 Å². The number of anilines is 2. The van der Waals surface area contributed by atoms with Crippen molar-refractivity contribution in [1.29, 1.82) is 0 Å². The summed E-state index contributed by atoms with van der Waals surface area (Å²) in [6, 6.07) is 13.0. The monoisotopic (exact) mass is 418 g/mol. The highest BCUT2D eigenvalue weighted by Crippen LogP contribution is 2.35. The van der Waals surface area contributed by atoms with Crippen LogP contribution < -0.4 is 10.2 Å². The van der Waals surface area contributed by atoms with Crippen LogP contribution in [0.2, 0.25) is 0 Å². The Morgan fingerprint density at radius 3 is 1.90 bits per heavy atom. The molecule has 0 aromatic heterocycles. The van der Waals surface area contributed by atoms with Crippen molar-refractivity contribution >= 4 is 35.1 Å². The van der Waals surface area contributed by atoms with Gasteiger partial charge in [-0.2, -0.15) is 0 Å². The predicted molar refractivity (Wildman–Crippen MR) is 115 cm³/mol. The molecule has 7 nitrogen and oxygen atoms in total. The second-order valence-electron chi connectivity index (χ2n) is 8.05. The Hall–Kier alpha value is -3.74. The van der Waals surface area contributed by atoms with Gasteiger partial charge in [0.25, 0.3) is 11.8 Å². The van der Waals surface area contributed by atoms with Gasteiger partial charge in [0.2, 0.25) is 5.91 Å². The van der Waals surface area contributed by atoms with E-state index in [0.29, 0.717) is 35.3 Å². The van der Waals surface area contributed by atoms with Crippen molar-refractivity contribution in [3.8, 4) is 0 Å². The van der Waals surface area contributed by atoms with Gasteiger partial charge < -0.3 is 10.4 Å². The summed E-state index contributed by atoms with van der Waals surface area (Å²) in [7, 11) is 0. The predicted octanol–water partition coefficient (Wildman–Crippen LogP) is 3.87. The van der Waals surface area contributed by atoms with E-state index in [1.54, 1.807) is 48.5 Å². The van der Waals surface area contributed by atoms with E-state index in [2.05, 4.69) is 5.32 Å². The quantitative estimate of drug-likeness (QED) is 0.579. The molecule has 2 atom stereocenters. The first-order valence-corrected chi connectivity index (χ1v) is 10.0. The van der Waals surface area contributed by atoms with Crippen LogP contribution in [0.25, 0.3) is 0 Å². The zero-order chi connectivity index (χ0) is 22.3. The number of rotatable bonds is 4. The number of amides is 3. The number of fused-ring (bicyclic) bond motifs is 1. The van der Waals surface area contributed by atoms with Gasteiger partial charge in [-0.05, 0) is 63.1 Å². The summed E-state index contributed by atoms with van der Waals surface area (Å²) in [4.78, 5) is 50.8. The van der Waals surface area contributed by atoms with Crippen molar-refractivity contribution in [3.05, 3.63) is 70.8 Å². The molecule has 2 aliphatic rings. The van der Waals surface area contributed by atoms with Gasteiger partial charge in [-0.1, -0.05) is 23.3 Å². The highest BCUT2D eigenvalue weighted by molar-refractivity contribution is 6.34. The normalized spacial score (nSPS) is 20.6. The summed E-state index contributed by atoms with van der Waals surface area (Å²) < 4.78 is 0. The Bertz CT molecular complexity index is 1100. The minimum absolute atomic E-state index is 0.354. The summed E-state index contributed by atoms with van der Waals surface area (Å²) in [6.45, 7) is 3.82. The first kappa shape index (κ1) is 20.5. The molecule has 2 aromatic rings. The van der Waals surface area contributed by atoms with Crippen LogP contribution in [0.3, 0.4) is 0 Å². The third kappa shape index (κ3) is 3.63. The Labute approximate surface area is 179 Å². The number of hydrogen-bond donors (Lipinski definition) is 2. The lowest BCUT2D eigenvalue weighted by Crippen LogP contribution is -2.36. The van der Waals surface area contributed by atoms with Gasteiger partial charge in [-0.3, -0.25) is 19.2 Å². The molecular formula is C24H22N2O5. The molecule has 0 bridgehead atoms. The molecule has 0 spiro atoms. The van der Waals surface area contributed by atoms with E-state index >= 15 is 0 Å². The first-order chi connectivity index (χ1) is 14.8. The lowest BCUT2D eigenvalue weighted by atomic mass is 9.76. The molecule has 1 heterocycles.